The molecule has 4 aromatic carbocycles. The van der Waals surface area contributed by atoms with Crippen LogP contribution in [0.1, 0.15) is 43.5 Å². The molecule has 3 aliphatic rings. The molecule has 13 heteroatoms. The van der Waals surface area contributed by atoms with Crippen molar-refractivity contribution in [1.82, 2.24) is 19.2 Å². The molecule has 1 saturated carbocycles. The van der Waals surface area contributed by atoms with E-state index < -0.39 is 16.1 Å². The number of nitrogens with zero attached hydrogens (tertiary/aromatic N) is 5. The Morgan fingerprint density at radius 2 is 1.47 bits per heavy atom. The molecule has 5 aromatic rings. The summed E-state index contributed by atoms with van der Waals surface area (Å²) in [6.07, 6.45) is 9.52. The molecule has 0 atom stereocenters. The van der Waals surface area contributed by atoms with Gasteiger partial charge in [-0.05, 0) is 84.1 Å². The van der Waals surface area contributed by atoms with Crippen molar-refractivity contribution in [2.75, 3.05) is 28.8 Å². The lowest BCUT2D eigenvalue weighted by molar-refractivity contribution is -0.134. The topological polar surface area (TPSA) is 111 Å². The molecule has 1 saturated heterocycles. The van der Waals surface area contributed by atoms with Crippen LogP contribution in [0.25, 0.3) is 28.1 Å². The van der Waals surface area contributed by atoms with Crippen molar-refractivity contribution in [3.8, 4) is 28.1 Å². The van der Waals surface area contributed by atoms with Crippen molar-refractivity contribution in [3.05, 3.63) is 131 Å². The largest absolute Gasteiger partial charge is 0.493 e. The lowest BCUT2D eigenvalue weighted by atomic mass is 9.93. The van der Waals surface area contributed by atoms with Crippen LogP contribution < -0.4 is 13.9 Å². The van der Waals surface area contributed by atoms with Gasteiger partial charge in [-0.15, -0.1) is 0 Å². The third kappa shape index (κ3) is 7.33. The molecular weight excluding hydrogens is 731 g/mol. The number of imidazole rings is 1. The summed E-state index contributed by atoms with van der Waals surface area (Å²) in [5.74, 6) is 0.536. The standard InChI is InChI=1S/C40H38Cl2N6O4S/c41-30-12-19-35(36(42)23-30)37-24-47(33-15-17-34(18-16-33)48-25-39(49)44-53(48,51)52)38(43-37)22-27-6-8-28(9-7-27)29-10-13-31(14-11-29)45-20-21-46(40(50)26-45)32-4-2-1-3-5-32/h6-19,23-25,32,44,49H,1-5,20-22,26H2. The summed E-state index contributed by atoms with van der Waals surface area (Å²) in [5, 5.41) is 10.7. The zero-order valence-corrected chi connectivity index (χ0v) is 31.2. The van der Waals surface area contributed by atoms with Gasteiger partial charge in [0.05, 0.1) is 29.1 Å². The molecule has 0 unspecified atom stereocenters. The van der Waals surface area contributed by atoms with E-state index in [9.17, 15) is 18.3 Å². The van der Waals surface area contributed by atoms with Gasteiger partial charge in [0.2, 0.25) is 11.8 Å². The summed E-state index contributed by atoms with van der Waals surface area (Å²) in [4.78, 5) is 22.4. The van der Waals surface area contributed by atoms with Crippen molar-refractivity contribution in [2.24, 2.45) is 0 Å². The lowest BCUT2D eigenvalue weighted by Crippen LogP contribution is -2.54. The lowest BCUT2D eigenvalue weighted by Gasteiger charge is -2.41. The summed E-state index contributed by atoms with van der Waals surface area (Å²) in [6.45, 7) is 2.06. The highest BCUT2D eigenvalue weighted by molar-refractivity contribution is 7.91. The number of carbonyl (C=O) groups is 1. The fourth-order valence-electron chi connectivity index (χ4n) is 7.50. The smallest absolute Gasteiger partial charge is 0.330 e. The molecule has 0 bridgehead atoms. The number of hydrogen-bond donors (Lipinski definition) is 2. The van der Waals surface area contributed by atoms with Gasteiger partial charge in [-0.1, -0.05) is 78.9 Å². The number of aliphatic hydroxyl groups excluding tert-OH is 1. The summed E-state index contributed by atoms with van der Waals surface area (Å²) in [6, 6.07) is 29.4. The molecule has 272 valence electrons. The van der Waals surface area contributed by atoms with Crippen LogP contribution in [0.2, 0.25) is 10.0 Å². The summed E-state index contributed by atoms with van der Waals surface area (Å²) in [5.41, 5.74) is 6.81. The quantitative estimate of drug-likeness (QED) is 0.165. The Morgan fingerprint density at radius 3 is 2.11 bits per heavy atom. The van der Waals surface area contributed by atoms with E-state index in [1.165, 1.54) is 19.3 Å². The molecule has 10 nitrogen and oxygen atoms in total. The first-order valence-corrected chi connectivity index (χ1v) is 19.9. The molecular formula is C40H38Cl2N6O4S. The highest BCUT2D eigenvalue weighted by Crippen LogP contribution is 2.33. The van der Waals surface area contributed by atoms with E-state index in [-0.39, 0.29) is 5.91 Å². The van der Waals surface area contributed by atoms with Gasteiger partial charge < -0.3 is 19.5 Å². The molecule has 2 fully saturated rings. The maximum absolute atomic E-state index is 13.1. The van der Waals surface area contributed by atoms with Crippen LogP contribution in [-0.2, 0) is 21.4 Å². The van der Waals surface area contributed by atoms with Crippen molar-refractivity contribution in [1.29, 1.82) is 0 Å². The van der Waals surface area contributed by atoms with Crippen LogP contribution in [-0.4, -0.2) is 59.6 Å². The number of halogens is 2. The zero-order valence-electron chi connectivity index (χ0n) is 28.8. The third-order valence-electron chi connectivity index (χ3n) is 10.3. The van der Waals surface area contributed by atoms with Crippen LogP contribution in [0, 0.1) is 0 Å². The zero-order chi connectivity index (χ0) is 36.7. The Bertz CT molecular complexity index is 2290. The van der Waals surface area contributed by atoms with Gasteiger partial charge in [-0.25, -0.2) is 14.0 Å². The predicted octanol–water partition coefficient (Wildman–Crippen LogP) is 8.10. The second-order valence-corrected chi connectivity index (χ2v) is 16.1. The molecule has 1 aliphatic carbocycles. The number of rotatable bonds is 8. The first kappa shape index (κ1) is 35.1. The molecule has 2 N–H and O–H groups in total. The third-order valence-corrected chi connectivity index (χ3v) is 12.1. The SMILES string of the molecule is O=C1CN(c2ccc(-c3ccc(Cc4nc(-c5ccc(Cl)cc5Cl)cn4-c4ccc(N5C=C(O)NS5(=O)=O)cc4)cc3)cc2)CCN1C1CCCCC1. The van der Waals surface area contributed by atoms with Crippen LogP contribution in [0.4, 0.5) is 11.4 Å². The summed E-state index contributed by atoms with van der Waals surface area (Å²) >= 11 is 12.8. The molecule has 1 aromatic heterocycles. The molecule has 0 spiro atoms. The normalized spacial score (nSPS) is 17.6. The Morgan fingerprint density at radius 1 is 0.811 bits per heavy atom. The van der Waals surface area contributed by atoms with Gasteiger partial charge in [-0.3, -0.25) is 4.79 Å². The van der Waals surface area contributed by atoms with Crippen LogP contribution in [0.3, 0.4) is 0 Å². The van der Waals surface area contributed by atoms with Gasteiger partial charge in [0.1, 0.15) is 5.82 Å². The minimum absolute atomic E-state index is 0.234. The Balaban J connectivity index is 1.00. The second-order valence-electron chi connectivity index (χ2n) is 13.7. The van der Waals surface area contributed by atoms with Gasteiger partial charge in [0, 0.05) is 53.7 Å². The fraction of sp³-hybridized carbons (Fsp3) is 0.250. The molecule has 0 radical (unpaired) electrons. The van der Waals surface area contributed by atoms with E-state index in [0.29, 0.717) is 40.4 Å². The van der Waals surface area contributed by atoms with Crippen LogP contribution in [0.15, 0.2) is 109 Å². The number of piperazine rings is 1. The number of amides is 1. The van der Waals surface area contributed by atoms with Gasteiger partial charge >= 0.3 is 10.2 Å². The van der Waals surface area contributed by atoms with Crippen LogP contribution in [0.5, 0.6) is 0 Å². The van der Waals surface area contributed by atoms with Crippen molar-refractivity contribution in [3.63, 3.8) is 0 Å². The first-order valence-electron chi connectivity index (χ1n) is 17.7. The van der Waals surface area contributed by atoms with E-state index in [2.05, 4.69) is 63.1 Å². The van der Waals surface area contributed by atoms with Crippen molar-refractivity contribution >= 4 is 50.7 Å². The maximum atomic E-state index is 13.1. The number of carbonyl (C=O) groups excluding carboxylic acids is 1. The Kier molecular flexibility index (Phi) is 9.57. The number of hydrogen-bond acceptors (Lipinski definition) is 6. The predicted molar refractivity (Wildman–Crippen MR) is 210 cm³/mol. The minimum atomic E-state index is -3.91. The monoisotopic (exact) mass is 768 g/mol. The molecule has 1 amide bonds. The average molecular weight is 770 g/mol. The Labute approximate surface area is 319 Å². The van der Waals surface area contributed by atoms with Crippen LogP contribution >= 0.6 is 23.2 Å². The van der Waals surface area contributed by atoms with Gasteiger partial charge in [0.25, 0.3) is 0 Å². The van der Waals surface area contributed by atoms with Crippen molar-refractivity contribution < 1.29 is 18.3 Å². The van der Waals surface area contributed by atoms with E-state index in [0.717, 1.165) is 75.9 Å². The van der Waals surface area contributed by atoms with E-state index in [4.69, 9.17) is 28.2 Å². The highest BCUT2D eigenvalue weighted by Gasteiger charge is 2.31. The number of anilines is 2. The summed E-state index contributed by atoms with van der Waals surface area (Å²) in [7, 11) is -3.91. The fourth-order valence-corrected chi connectivity index (χ4v) is 9.06. The molecule has 53 heavy (non-hydrogen) atoms. The van der Waals surface area contributed by atoms with Gasteiger partial charge in [0.15, 0.2) is 0 Å². The molecule has 8 rings (SSSR count). The van der Waals surface area contributed by atoms with E-state index in [1.807, 2.05) is 16.8 Å². The average Bonchev–Trinajstić information content (AvgIpc) is 3.70. The first-order chi connectivity index (χ1) is 25.6. The van der Waals surface area contributed by atoms with Gasteiger partial charge in [-0.2, -0.15) is 8.42 Å². The highest BCUT2D eigenvalue weighted by atomic mass is 35.5. The summed E-state index contributed by atoms with van der Waals surface area (Å²) < 4.78 is 29.8. The Hall–Kier alpha value is -4.97. The number of aromatic nitrogens is 2. The molecule has 2 aliphatic heterocycles. The van der Waals surface area contributed by atoms with E-state index in [1.54, 1.807) is 36.4 Å². The van der Waals surface area contributed by atoms with Crippen molar-refractivity contribution in [2.45, 2.75) is 44.6 Å². The number of aliphatic hydroxyl groups is 1. The number of benzene rings is 4. The maximum Gasteiger partial charge on any atom is 0.330 e. The minimum Gasteiger partial charge on any atom is -0.493 e. The second kappa shape index (κ2) is 14.5. The molecule has 3 heterocycles. The van der Waals surface area contributed by atoms with E-state index >= 15 is 0 Å². The number of nitrogens with one attached hydrogen (secondary N) is 1.